The summed E-state index contributed by atoms with van der Waals surface area (Å²) < 4.78 is 5.36. The molecule has 6 heteroatoms. The minimum absolute atomic E-state index is 0.0903. The lowest BCUT2D eigenvalue weighted by molar-refractivity contribution is -0.120. The lowest BCUT2D eigenvalue weighted by Gasteiger charge is -2.23. The molecule has 150 valence electrons. The van der Waals surface area contributed by atoms with Gasteiger partial charge in [0, 0.05) is 31.4 Å². The van der Waals surface area contributed by atoms with Crippen molar-refractivity contribution < 1.29 is 14.3 Å². The molecule has 0 atom stereocenters. The molecule has 0 radical (unpaired) electrons. The van der Waals surface area contributed by atoms with Crippen LogP contribution in [0.4, 0.5) is 17.1 Å². The van der Waals surface area contributed by atoms with E-state index >= 15 is 0 Å². The van der Waals surface area contributed by atoms with Gasteiger partial charge in [0.1, 0.15) is 12.3 Å². The number of methoxy groups -OCH3 is 1. The van der Waals surface area contributed by atoms with Crippen LogP contribution in [0.5, 0.6) is 5.75 Å². The van der Waals surface area contributed by atoms with Crippen molar-refractivity contribution in [3.8, 4) is 5.75 Å². The quantitative estimate of drug-likeness (QED) is 0.752. The first-order chi connectivity index (χ1) is 13.4. The fourth-order valence-corrected chi connectivity index (χ4v) is 3.07. The van der Waals surface area contributed by atoms with Crippen LogP contribution in [0, 0.1) is 6.92 Å². The minimum Gasteiger partial charge on any atom is -0.495 e. The van der Waals surface area contributed by atoms with Gasteiger partial charge in [-0.3, -0.25) is 14.5 Å². The molecule has 0 aliphatic rings. The molecule has 6 nitrogen and oxygen atoms in total. The van der Waals surface area contributed by atoms with Crippen LogP contribution in [-0.2, 0) is 9.59 Å². The molecule has 2 amide bonds. The van der Waals surface area contributed by atoms with Gasteiger partial charge in [-0.25, -0.2) is 0 Å². The standard InChI is InChI=1S/C22H29N3O3/c1-6-24(7-2)19-11-9-18(10-12-19)23-22(27)15-25(17(4)26)20-14-16(3)8-13-21(20)28-5/h8-14H,6-7,15H2,1-5H3,(H,23,27). The van der Waals surface area contributed by atoms with E-state index in [1.165, 1.54) is 11.8 Å². The van der Waals surface area contributed by atoms with E-state index in [0.29, 0.717) is 17.1 Å². The van der Waals surface area contributed by atoms with Gasteiger partial charge in [0.15, 0.2) is 0 Å². The molecular formula is C22H29N3O3. The zero-order valence-corrected chi connectivity index (χ0v) is 17.3. The first-order valence-corrected chi connectivity index (χ1v) is 9.47. The van der Waals surface area contributed by atoms with E-state index in [1.807, 2.05) is 43.3 Å². The molecule has 1 N–H and O–H groups in total. The molecule has 28 heavy (non-hydrogen) atoms. The van der Waals surface area contributed by atoms with Gasteiger partial charge < -0.3 is 15.0 Å². The van der Waals surface area contributed by atoms with E-state index in [9.17, 15) is 9.59 Å². The van der Waals surface area contributed by atoms with Gasteiger partial charge in [-0.1, -0.05) is 6.07 Å². The summed E-state index contributed by atoms with van der Waals surface area (Å²) in [6.07, 6.45) is 0. The second-order valence-electron chi connectivity index (χ2n) is 6.55. The van der Waals surface area contributed by atoms with Gasteiger partial charge in [0.05, 0.1) is 12.8 Å². The predicted octanol–water partition coefficient (Wildman–Crippen LogP) is 3.84. The van der Waals surface area contributed by atoms with E-state index in [0.717, 1.165) is 24.3 Å². The summed E-state index contributed by atoms with van der Waals surface area (Å²) in [5.74, 6) is 0.0578. The average molecular weight is 383 g/mol. The summed E-state index contributed by atoms with van der Waals surface area (Å²) in [7, 11) is 1.55. The van der Waals surface area contributed by atoms with Crippen LogP contribution in [0.3, 0.4) is 0 Å². The Morgan fingerprint density at radius 2 is 1.68 bits per heavy atom. The molecule has 0 saturated carbocycles. The Balaban J connectivity index is 2.13. The van der Waals surface area contributed by atoms with Gasteiger partial charge in [-0.15, -0.1) is 0 Å². The second kappa shape index (κ2) is 9.78. The molecular weight excluding hydrogens is 354 g/mol. The number of hydrogen-bond donors (Lipinski definition) is 1. The molecule has 0 heterocycles. The van der Waals surface area contributed by atoms with Crippen LogP contribution in [-0.4, -0.2) is 38.6 Å². The van der Waals surface area contributed by atoms with Crippen molar-refractivity contribution in [2.75, 3.05) is 41.9 Å². The Kier molecular flexibility index (Phi) is 7.44. The van der Waals surface area contributed by atoms with Crippen molar-refractivity contribution in [2.24, 2.45) is 0 Å². The minimum atomic E-state index is -0.269. The number of carbonyl (C=O) groups is 2. The summed E-state index contributed by atoms with van der Waals surface area (Å²) in [6.45, 7) is 9.34. The van der Waals surface area contributed by atoms with Gasteiger partial charge in [-0.2, -0.15) is 0 Å². The Morgan fingerprint density at radius 1 is 1.04 bits per heavy atom. The topological polar surface area (TPSA) is 61.9 Å². The fraction of sp³-hybridized carbons (Fsp3) is 0.364. The maximum atomic E-state index is 12.6. The van der Waals surface area contributed by atoms with Gasteiger partial charge in [0.25, 0.3) is 0 Å². The smallest absolute Gasteiger partial charge is 0.244 e. The molecule has 0 unspecified atom stereocenters. The van der Waals surface area contributed by atoms with Gasteiger partial charge in [0.2, 0.25) is 11.8 Å². The Hall–Kier alpha value is -3.02. The second-order valence-corrected chi connectivity index (χ2v) is 6.55. The number of aryl methyl sites for hydroxylation is 1. The number of benzene rings is 2. The van der Waals surface area contributed by atoms with Crippen LogP contribution in [0.2, 0.25) is 0 Å². The first-order valence-electron chi connectivity index (χ1n) is 9.47. The lowest BCUT2D eigenvalue weighted by Crippen LogP contribution is -2.37. The van der Waals surface area contributed by atoms with Crippen molar-refractivity contribution in [3.63, 3.8) is 0 Å². The van der Waals surface area contributed by atoms with Crippen LogP contribution < -0.4 is 19.9 Å². The van der Waals surface area contributed by atoms with Crippen molar-refractivity contribution in [2.45, 2.75) is 27.7 Å². The number of nitrogens with zero attached hydrogens (tertiary/aromatic N) is 2. The molecule has 2 aromatic rings. The van der Waals surface area contributed by atoms with E-state index in [4.69, 9.17) is 4.74 Å². The highest BCUT2D eigenvalue weighted by Gasteiger charge is 2.20. The third kappa shape index (κ3) is 5.25. The number of hydrogen-bond acceptors (Lipinski definition) is 4. The summed E-state index contributed by atoms with van der Waals surface area (Å²) in [5, 5.41) is 2.86. The van der Waals surface area contributed by atoms with Crippen molar-refractivity contribution in [1.29, 1.82) is 0 Å². The molecule has 0 spiro atoms. The van der Waals surface area contributed by atoms with Crippen LogP contribution in [0.25, 0.3) is 0 Å². The van der Waals surface area contributed by atoms with Gasteiger partial charge >= 0.3 is 0 Å². The van der Waals surface area contributed by atoms with E-state index < -0.39 is 0 Å². The predicted molar refractivity (Wildman–Crippen MR) is 114 cm³/mol. The third-order valence-corrected chi connectivity index (χ3v) is 4.59. The average Bonchev–Trinajstić information content (AvgIpc) is 2.68. The summed E-state index contributed by atoms with van der Waals surface area (Å²) in [6, 6.07) is 13.2. The summed E-state index contributed by atoms with van der Waals surface area (Å²) in [4.78, 5) is 28.4. The van der Waals surface area contributed by atoms with Gasteiger partial charge in [-0.05, 0) is 62.7 Å². The first kappa shape index (κ1) is 21.3. The van der Waals surface area contributed by atoms with Crippen molar-refractivity contribution >= 4 is 28.9 Å². The highest BCUT2D eigenvalue weighted by Crippen LogP contribution is 2.29. The number of rotatable bonds is 8. The Morgan fingerprint density at radius 3 is 2.21 bits per heavy atom. The molecule has 0 aromatic heterocycles. The normalized spacial score (nSPS) is 10.3. The Labute approximate surface area is 167 Å². The maximum Gasteiger partial charge on any atom is 0.244 e. The number of amides is 2. The number of anilines is 3. The van der Waals surface area contributed by atoms with E-state index in [1.54, 1.807) is 13.2 Å². The molecule has 0 saturated heterocycles. The molecule has 2 rings (SSSR count). The zero-order chi connectivity index (χ0) is 20.7. The fourth-order valence-electron chi connectivity index (χ4n) is 3.07. The van der Waals surface area contributed by atoms with Crippen LogP contribution in [0.15, 0.2) is 42.5 Å². The maximum absolute atomic E-state index is 12.6. The largest absolute Gasteiger partial charge is 0.495 e. The van der Waals surface area contributed by atoms with E-state index in [2.05, 4.69) is 24.1 Å². The molecule has 0 aliphatic heterocycles. The molecule has 2 aromatic carbocycles. The van der Waals surface area contributed by atoms with Crippen LogP contribution >= 0.6 is 0 Å². The number of ether oxygens (including phenoxy) is 1. The summed E-state index contributed by atoms with van der Waals surface area (Å²) >= 11 is 0. The van der Waals surface area contributed by atoms with Crippen LogP contribution in [0.1, 0.15) is 26.3 Å². The summed E-state index contributed by atoms with van der Waals surface area (Å²) in [5.41, 5.74) is 3.37. The van der Waals surface area contributed by atoms with E-state index in [-0.39, 0.29) is 18.4 Å². The third-order valence-electron chi connectivity index (χ3n) is 4.59. The monoisotopic (exact) mass is 383 g/mol. The van der Waals surface area contributed by atoms with Crippen molar-refractivity contribution in [3.05, 3.63) is 48.0 Å². The Bertz CT molecular complexity index is 814. The number of nitrogens with one attached hydrogen (secondary N) is 1. The molecule has 0 aliphatic carbocycles. The molecule has 0 bridgehead atoms. The lowest BCUT2D eigenvalue weighted by atomic mass is 10.2. The molecule has 0 fully saturated rings. The highest BCUT2D eigenvalue weighted by atomic mass is 16.5. The zero-order valence-electron chi connectivity index (χ0n) is 17.3. The number of carbonyl (C=O) groups excluding carboxylic acids is 2. The van der Waals surface area contributed by atoms with Crippen molar-refractivity contribution in [1.82, 2.24) is 0 Å². The SMILES string of the molecule is CCN(CC)c1ccc(NC(=O)CN(C(C)=O)c2cc(C)ccc2OC)cc1. The highest BCUT2D eigenvalue weighted by molar-refractivity contribution is 6.02.